The summed E-state index contributed by atoms with van der Waals surface area (Å²) in [6, 6.07) is 9.65. The third-order valence-electron chi connectivity index (χ3n) is 4.57. The van der Waals surface area contributed by atoms with Crippen molar-refractivity contribution in [1.82, 2.24) is 9.88 Å². The van der Waals surface area contributed by atoms with Crippen molar-refractivity contribution in [3.05, 3.63) is 36.5 Å². The highest BCUT2D eigenvalue weighted by Crippen LogP contribution is 2.30. The Hall–Kier alpha value is -2.14. The number of aromatic nitrogens is 1. The molecule has 4 rings (SSSR count). The summed E-state index contributed by atoms with van der Waals surface area (Å²) in [4.78, 5) is 18.7. The number of urea groups is 1. The van der Waals surface area contributed by atoms with Crippen molar-refractivity contribution >= 4 is 22.6 Å². The first kappa shape index (κ1) is 14.5. The van der Waals surface area contributed by atoms with E-state index in [4.69, 9.17) is 4.74 Å². The number of carbonyl (C=O) groups excluding carboxylic acids is 1. The molecule has 1 saturated carbocycles. The molecular weight excluding hydrogens is 290 g/mol. The van der Waals surface area contributed by atoms with Gasteiger partial charge in [0.2, 0.25) is 0 Å². The number of benzene rings is 1. The van der Waals surface area contributed by atoms with Gasteiger partial charge in [0, 0.05) is 31.3 Å². The molecule has 2 amide bonds. The maximum atomic E-state index is 12.5. The van der Waals surface area contributed by atoms with Gasteiger partial charge in [-0.25, -0.2) is 4.79 Å². The Balaban J connectivity index is 1.39. The number of hydrogen-bond donors (Lipinski definition) is 1. The van der Waals surface area contributed by atoms with E-state index >= 15 is 0 Å². The maximum absolute atomic E-state index is 12.5. The minimum Gasteiger partial charge on any atom is -0.376 e. The number of pyridine rings is 1. The van der Waals surface area contributed by atoms with Gasteiger partial charge in [0.05, 0.1) is 17.3 Å². The largest absolute Gasteiger partial charge is 0.376 e. The Bertz CT molecular complexity index is 709. The van der Waals surface area contributed by atoms with Crippen molar-refractivity contribution in [1.29, 1.82) is 0 Å². The minimum absolute atomic E-state index is 0.0688. The molecule has 1 aliphatic carbocycles. The Morgan fingerprint density at radius 2 is 2.13 bits per heavy atom. The molecule has 0 unspecified atom stereocenters. The van der Waals surface area contributed by atoms with Crippen LogP contribution in [0.25, 0.3) is 10.9 Å². The molecule has 1 aromatic carbocycles. The van der Waals surface area contributed by atoms with Crippen LogP contribution in [-0.2, 0) is 4.74 Å². The molecule has 1 saturated heterocycles. The molecule has 2 fully saturated rings. The van der Waals surface area contributed by atoms with Crippen LogP contribution in [0.2, 0.25) is 0 Å². The molecule has 120 valence electrons. The summed E-state index contributed by atoms with van der Waals surface area (Å²) in [5.41, 5.74) is 1.58. The van der Waals surface area contributed by atoms with Crippen LogP contribution in [0.5, 0.6) is 0 Å². The molecule has 2 aliphatic rings. The zero-order valence-corrected chi connectivity index (χ0v) is 13.1. The summed E-state index contributed by atoms with van der Waals surface area (Å²) in [5.74, 6) is 0.764. The van der Waals surface area contributed by atoms with Crippen LogP contribution < -0.4 is 5.32 Å². The highest BCUT2D eigenvalue weighted by Gasteiger charge is 2.29. The zero-order valence-electron chi connectivity index (χ0n) is 13.1. The standard InChI is InChI=1S/C18H21N3O2/c22-18(21-10-8-15(11-21)23-12-13-6-7-13)20-16-5-1-3-14-4-2-9-19-17(14)16/h1-5,9,13,15H,6-8,10-12H2,(H,20,22)/t15-/m0/s1. The van der Waals surface area contributed by atoms with E-state index in [2.05, 4.69) is 10.3 Å². The van der Waals surface area contributed by atoms with Gasteiger partial charge >= 0.3 is 6.03 Å². The number of carbonyl (C=O) groups is 1. The van der Waals surface area contributed by atoms with Crippen LogP contribution in [-0.4, -0.2) is 41.7 Å². The SMILES string of the molecule is O=C(Nc1cccc2cccnc12)N1CC[C@H](OCC2CC2)C1. The molecule has 23 heavy (non-hydrogen) atoms. The van der Waals surface area contributed by atoms with E-state index in [1.807, 2.05) is 35.2 Å². The third kappa shape index (κ3) is 3.29. The Kier molecular flexibility index (Phi) is 3.87. The van der Waals surface area contributed by atoms with E-state index in [0.717, 1.165) is 42.1 Å². The van der Waals surface area contributed by atoms with Gasteiger partial charge in [-0.2, -0.15) is 0 Å². The Morgan fingerprint density at radius 1 is 1.26 bits per heavy atom. The number of amides is 2. The molecule has 0 spiro atoms. The molecule has 1 atom stereocenters. The summed E-state index contributed by atoms with van der Waals surface area (Å²) in [7, 11) is 0. The molecule has 0 radical (unpaired) electrons. The highest BCUT2D eigenvalue weighted by molar-refractivity contribution is 5.99. The van der Waals surface area contributed by atoms with Gasteiger partial charge in [-0.1, -0.05) is 18.2 Å². The fourth-order valence-corrected chi connectivity index (χ4v) is 3.00. The van der Waals surface area contributed by atoms with Crippen LogP contribution in [0.1, 0.15) is 19.3 Å². The van der Waals surface area contributed by atoms with Gasteiger partial charge in [-0.05, 0) is 37.3 Å². The average Bonchev–Trinajstić information content (AvgIpc) is 3.29. The lowest BCUT2D eigenvalue weighted by atomic mass is 10.2. The summed E-state index contributed by atoms with van der Waals surface area (Å²) in [5, 5.41) is 4.02. The molecule has 2 heterocycles. The van der Waals surface area contributed by atoms with Crippen molar-refractivity contribution in [3.63, 3.8) is 0 Å². The molecule has 1 aromatic heterocycles. The quantitative estimate of drug-likeness (QED) is 0.943. The number of anilines is 1. The first-order chi connectivity index (χ1) is 11.3. The molecule has 1 aliphatic heterocycles. The predicted octanol–water partition coefficient (Wildman–Crippen LogP) is 3.27. The van der Waals surface area contributed by atoms with E-state index in [0.29, 0.717) is 6.54 Å². The minimum atomic E-state index is -0.0688. The first-order valence-electron chi connectivity index (χ1n) is 8.31. The third-order valence-corrected chi connectivity index (χ3v) is 4.57. The first-order valence-corrected chi connectivity index (χ1v) is 8.31. The number of nitrogens with one attached hydrogen (secondary N) is 1. The van der Waals surface area contributed by atoms with E-state index in [1.165, 1.54) is 12.8 Å². The van der Waals surface area contributed by atoms with Crippen LogP contribution >= 0.6 is 0 Å². The lowest BCUT2D eigenvalue weighted by Gasteiger charge is -2.18. The van der Waals surface area contributed by atoms with E-state index in [9.17, 15) is 4.79 Å². The molecule has 5 nitrogen and oxygen atoms in total. The second-order valence-corrected chi connectivity index (χ2v) is 6.44. The summed E-state index contributed by atoms with van der Waals surface area (Å²) < 4.78 is 5.89. The fraction of sp³-hybridized carbons (Fsp3) is 0.444. The van der Waals surface area contributed by atoms with Crippen molar-refractivity contribution in [2.45, 2.75) is 25.4 Å². The molecule has 5 heteroatoms. The van der Waals surface area contributed by atoms with Crippen LogP contribution in [0.15, 0.2) is 36.5 Å². The average molecular weight is 311 g/mol. The smallest absolute Gasteiger partial charge is 0.321 e. The number of likely N-dealkylation sites (tertiary alicyclic amines) is 1. The van der Waals surface area contributed by atoms with Crippen LogP contribution in [0, 0.1) is 5.92 Å². The van der Waals surface area contributed by atoms with Gasteiger partial charge in [0.1, 0.15) is 0 Å². The number of para-hydroxylation sites is 1. The number of fused-ring (bicyclic) bond motifs is 1. The lowest BCUT2D eigenvalue weighted by molar-refractivity contribution is 0.0543. The van der Waals surface area contributed by atoms with Crippen molar-refractivity contribution in [2.75, 3.05) is 25.0 Å². The number of hydrogen-bond acceptors (Lipinski definition) is 3. The van der Waals surface area contributed by atoms with Crippen LogP contribution in [0.3, 0.4) is 0 Å². The molecular formula is C18H21N3O2. The number of nitrogens with zero attached hydrogens (tertiary/aromatic N) is 2. The maximum Gasteiger partial charge on any atom is 0.321 e. The zero-order chi connectivity index (χ0) is 15.6. The summed E-state index contributed by atoms with van der Waals surface area (Å²) >= 11 is 0. The van der Waals surface area contributed by atoms with Gasteiger partial charge < -0.3 is 15.0 Å². The van der Waals surface area contributed by atoms with Crippen LogP contribution in [0.4, 0.5) is 10.5 Å². The van der Waals surface area contributed by atoms with Crippen molar-refractivity contribution in [2.24, 2.45) is 5.92 Å². The second kappa shape index (κ2) is 6.16. The molecule has 2 aromatic rings. The monoisotopic (exact) mass is 311 g/mol. The van der Waals surface area contributed by atoms with Gasteiger partial charge in [0.25, 0.3) is 0 Å². The fourth-order valence-electron chi connectivity index (χ4n) is 3.00. The predicted molar refractivity (Wildman–Crippen MR) is 89.4 cm³/mol. The Morgan fingerprint density at radius 3 is 3.00 bits per heavy atom. The summed E-state index contributed by atoms with van der Waals surface area (Å²) in [6.45, 7) is 2.28. The lowest BCUT2D eigenvalue weighted by Crippen LogP contribution is -2.34. The molecule has 0 bridgehead atoms. The van der Waals surface area contributed by atoms with Crippen molar-refractivity contribution < 1.29 is 9.53 Å². The van der Waals surface area contributed by atoms with E-state index < -0.39 is 0 Å². The topological polar surface area (TPSA) is 54.5 Å². The van der Waals surface area contributed by atoms with Gasteiger partial charge in [-0.15, -0.1) is 0 Å². The normalized spacial score (nSPS) is 20.9. The van der Waals surface area contributed by atoms with Crippen molar-refractivity contribution in [3.8, 4) is 0 Å². The highest BCUT2D eigenvalue weighted by atomic mass is 16.5. The van der Waals surface area contributed by atoms with E-state index in [-0.39, 0.29) is 12.1 Å². The number of rotatable bonds is 4. The Labute approximate surface area is 135 Å². The number of ether oxygens (including phenoxy) is 1. The summed E-state index contributed by atoms with van der Waals surface area (Å²) in [6.07, 6.45) is 5.45. The van der Waals surface area contributed by atoms with Gasteiger partial charge in [0.15, 0.2) is 0 Å². The van der Waals surface area contributed by atoms with Gasteiger partial charge in [-0.3, -0.25) is 4.98 Å². The second-order valence-electron chi connectivity index (χ2n) is 6.44. The molecule has 1 N–H and O–H groups in total. The van der Waals surface area contributed by atoms with E-state index in [1.54, 1.807) is 6.20 Å².